The number of piperidine rings is 1. The predicted molar refractivity (Wildman–Crippen MR) is 163 cm³/mol. The van der Waals surface area contributed by atoms with E-state index in [-0.39, 0.29) is 60.1 Å². The second-order valence-corrected chi connectivity index (χ2v) is 11.9. The van der Waals surface area contributed by atoms with Gasteiger partial charge in [-0.1, -0.05) is 0 Å². The molecule has 2 aromatic carbocycles. The number of carboxylic acid groups (broad SMARTS) is 1. The Bertz CT molecular complexity index is 1770. The lowest BCUT2D eigenvalue weighted by atomic mass is 9.96. The van der Waals surface area contributed by atoms with Gasteiger partial charge in [-0.25, -0.2) is 18.4 Å². The van der Waals surface area contributed by atoms with Gasteiger partial charge in [0.1, 0.15) is 17.4 Å². The number of aromatic nitrogens is 1. The van der Waals surface area contributed by atoms with Gasteiger partial charge in [0, 0.05) is 38.3 Å². The number of anilines is 2. The van der Waals surface area contributed by atoms with Gasteiger partial charge in [0.2, 0.25) is 11.3 Å². The van der Waals surface area contributed by atoms with Gasteiger partial charge in [0.05, 0.1) is 43.4 Å². The van der Waals surface area contributed by atoms with Crippen LogP contribution in [-0.4, -0.2) is 73.6 Å². The van der Waals surface area contributed by atoms with Gasteiger partial charge in [0.15, 0.2) is 23.1 Å². The van der Waals surface area contributed by atoms with E-state index in [2.05, 4.69) is 5.32 Å². The summed E-state index contributed by atoms with van der Waals surface area (Å²) < 4.78 is 49.1. The SMILES string of the molecule is COc1c(N2CCC(COc3ccc(N4C[C@H](CNC(C)=O)OC4=O)cc3F)CC2)c(F)cc2c(=O)c(C(=O)O)cn(C3CC3)c12. The number of amides is 2. The van der Waals surface area contributed by atoms with Gasteiger partial charge in [-0.3, -0.25) is 14.5 Å². The Balaban J connectivity index is 1.12. The first kappa shape index (κ1) is 31.1. The van der Waals surface area contributed by atoms with Crippen LogP contribution in [-0.2, 0) is 9.53 Å². The molecule has 3 aliphatic rings. The number of methoxy groups -OCH3 is 1. The van der Waals surface area contributed by atoms with Crippen LogP contribution in [0.3, 0.4) is 0 Å². The first-order valence-corrected chi connectivity index (χ1v) is 15.1. The molecular weight excluding hydrogens is 606 g/mol. The molecule has 2 aliphatic heterocycles. The van der Waals surface area contributed by atoms with Gasteiger partial charge in [-0.15, -0.1) is 0 Å². The van der Waals surface area contributed by atoms with Crippen molar-refractivity contribution in [2.24, 2.45) is 5.92 Å². The van der Waals surface area contributed by atoms with E-state index in [0.29, 0.717) is 37.1 Å². The minimum absolute atomic E-state index is 0.00175. The number of nitrogens with zero attached hydrogens (tertiary/aromatic N) is 3. The van der Waals surface area contributed by atoms with Crippen LogP contribution in [0.5, 0.6) is 11.5 Å². The number of carbonyl (C=O) groups excluding carboxylic acids is 2. The highest BCUT2D eigenvalue weighted by molar-refractivity contribution is 5.97. The van der Waals surface area contributed by atoms with Crippen molar-refractivity contribution in [3.05, 3.63) is 57.9 Å². The molecule has 3 fully saturated rings. The maximum Gasteiger partial charge on any atom is 0.414 e. The van der Waals surface area contributed by atoms with Crippen molar-refractivity contribution in [2.75, 3.05) is 49.7 Å². The summed E-state index contributed by atoms with van der Waals surface area (Å²) in [7, 11) is 1.40. The molecule has 0 spiro atoms. The van der Waals surface area contributed by atoms with Gasteiger partial charge in [-0.2, -0.15) is 0 Å². The first-order valence-electron chi connectivity index (χ1n) is 15.1. The Morgan fingerprint density at radius 1 is 1.09 bits per heavy atom. The van der Waals surface area contributed by atoms with Crippen LogP contribution in [0.4, 0.5) is 25.0 Å². The highest BCUT2D eigenvalue weighted by Crippen LogP contribution is 2.44. The number of rotatable bonds is 10. The van der Waals surface area contributed by atoms with Crippen molar-refractivity contribution >= 4 is 40.2 Å². The summed E-state index contributed by atoms with van der Waals surface area (Å²) in [5.74, 6) is -2.64. The maximum atomic E-state index is 15.7. The number of ether oxygens (including phenoxy) is 3. The number of carbonyl (C=O) groups is 3. The van der Waals surface area contributed by atoms with Crippen LogP contribution in [0.2, 0.25) is 0 Å². The number of nitrogens with one attached hydrogen (secondary N) is 1. The first-order chi connectivity index (χ1) is 22.0. The summed E-state index contributed by atoms with van der Waals surface area (Å²) >= 11 is 0. The Hall–Kier alpha value is -4.88. The molecular formula is C32H34F2N4O8. The minimum Gasteiger partial charge on any atom is -0.492 e. The van der Waals surface area contributed by atoms with E-state index in [0.717, 1.165) is 18.9 Å². The zero-order chi connectivity index (χ0) is 32.7. The normalized spacial score (nSPS) is 18.5. The summed E-state index contributed by atoms with van der Waals surface area (Å²) in [4.78, 5) is 51.3. The average Bonchev–Trinajstić information content (AvgIpc) is 3.80. The summed E-state index contributed by atoms with van der Waals surface area (Å²) in [5.41, 5.74) is -0.262. The highest BCUT2D eigenvalue weighted by atomic mass is 19.1. The van der Waals surface area contributed by atoms with Crippen molar-refractivity contribution in [3.63, 3.8) is 0 Å². The van der Waals surface area contributed by atoms with Crippen LogP contribution in [0, 0.1) is 17.6 Å². The van der Waals surface area contributed by atoms with Crippen LogP contribution < -0.4 is 30.0 Å². The Labute approximate surface area is 262 Å². The molecule has 0 unspecified atom stereocenters. The molecule has 12 nitrogen and oxygen atoms in total. The Morgan fingerprint density at radius 3 is 2.46 bits per heavy atom. The molecule has 2 N–H and O–H groups in total. The van der Waals surface area contributed by atoms with Crippen LogP contribution in [0.15, 0.2) is 35.3 Å². The number of carboxylic acids is 1. The third kappa shape index (κ3) is 6.03. The molecule has 1 saturated carbocycles. The van der Waals surface area contributed by atoms with E-state index in [1.54, 1.807) is 10.6 Å². The zero-order valence-electron chi connectivity index (χ0n) is 25.4. The van der Waals surface area contributed by atoms with E-state index in [1.165, 1.54) is 37.3 Å². The standard InChI is InChI=1S/C32H34F2N4O8/c1-17(39)35-13-21-14-38(32(43)46-21)20-5-6-26(24(33)11-20)45-16-18-7-9-36(10-8-18)28-25(34)12-22-27(30(28)44-2)37(19-3-4-19)15-23(29(22)40)31(41)42/h5-6,11-12,15,18-19,21H,3-4,7-10,13-14,16H2,1-2H3,(H,35,39)(H,41,42)/t21-/m0/s1. The number of pyridine rings is 1. The molecule has 14 heteroatoms. The lowest BCUT2D eigenvalue weighted by molar-refractivity contribution is -0.119. The summed E-state index contributed by atoms with van der Waals surface area (Å²) in [6.07, 6.45) is 3.00. The number of halogens is 2. The monoisotopic (exact) mass is 640 g/mol. The van der Waals surface area contributed by atoms with Crippen molar-refractivity contribution < 1.29 is 42.5 Å². The molecule has 2 amide bonds. The molecule has 1 aliphatic carbocycles. The minimum atomic E-state index is -1.37. The third-order valence-corrected chi connectivity index (χ3v) is 8.66. The number of hydrogen-bond acceptors (Lipinski definition) is 8. The lowest BCUT2D eigenvalue weighted by Crippen LogP contribution is -2.36. The molecule has 3 aromatic rings. The van der Waals surface area contributed by atoms with Crippen LogP contribution in [0.1, 0.15) is 49.0 Å². The lowest BCUT2D eigenvalue weighted by Gasteiger charge is -2.35. The van der Waals surface area contributed by atoms with E-state index in [1.807, 2.05) is 4.90 Å². The molecule has 1 aromatic heterocycles. The zero-order valence-corrected chi connectivity index (χ0v) is 25.4. The van der Waals surface area contributed by atoms with Crippen LogP contribution >= 0.6 is 0 Å². The van der Waals surface area contributed by atoms with Gasteiger partial charge < -0.3 is 34.1 Å². The second kappa shape index (κ2) is 12.5. The maximum absolute atomic E-state index is 15.7. The summed E-state index contributed by atoms with van der Waals surface area (Å²) in [5, 5.41) is 12.1. The highest BCUT2D eigenvalue weighted by Gasteiger charge is 2.34. The number of aromatic carboxylic acids is 1. The van der Waals surface area contributed by atoms with Crippen molar-refractivity contribution in [3.8, 4) is 11.5 Å². The smallest absolute Gasteiger partial charge is 0.414 e. The number of hydrogen-bond donors (Lipinski definition) is 2. The summed E-state index contributed by atoms with van der Waals surface area (Å²) in [6.45, 7) is 2.82. The van der Waals surface area contributed by atoms with E-state index in [4.69, 9.17) is 14.2 Å². The molecule has 0 bridgehead atoms. The third-order valence-electron chi connectivity index (χ3n) is 8.66. The molecule has 1 atom stereocenters. The van der Waals surface area contributed by atoms with Crippen molar-refractivity contribution in [1.29, 1.82) is 0 Å². The second-order valence-electron chi connectivity index (χ2n) is 11.9. The quantitative estimate of drug-likeness (QED) is 0.336. The van der Waals surface area contributed by atoms with Crippen LogP contribution in [0.25, 0.3) is 10.9 Å². The topological polar surface area (TPSA) is 140 Å². The fourth-order valence-corrected chi connectivity index (χ4v) is 6.13. The Kier molecular flexibility index (Phi) is 8.45. The molecule has 244 valence electrons. The fraction of sp³-hybridized carbons (Fsp3) is 0.438. The largest absolute Gasteiger partial charge is 0.492 e. The molecule has 3 heterocycles. The van der Waals surface area contributed by atoms with Crippen molar-refractivity contribution in [1.82, 2.24) is 9.88 Å². The van der Waals surface area contributed by atoms with Crippen molar-refractivity contribution in [2.45, 2.75) is 44.8 Å². The molecule has 2 saturated heterocycles. The van der Waals surface area contributed by atoms with Gasteiger partial charge >= 0.3 is 12.1 Å². The molecule has 46 heavy (non-hydrogen) atoms. The van der Waals surface area contributed by atoms with E-state index < -0.39 is 40.8 Å². The Morgan fingerprint density at radius 2 is 1.83 bits per heavy atom. The predicted octanol–water partition coefficient (Wildman–Crippen LogP) is 4.08. The van der Waals surface area contributed by atoms with Gasteiger partial charge in [0.25, 0.3) is 0 Å². The molecule has 0 radical (unpaired) electrons. The molecule has 6 rings (SSSR count). The fourth-order valence-electron chi connectivity index (χ4n) is 6.13. The number of fused-ring (bicyclic) bond motifs is 1. The number of benzene rings is 2. The number of cyclic esters (lactones) is 1. The van der Waals surface area contributed by atoms with E-state index >= 15 is 4.39 Å². The average molecular weight is 641 g/mol. The summed E-state index contributed by atoms with van der Waals surface area (Å²) in [6, 6.07) is 5.34. The van der Waals surface area contributed by atoms with Gasteiger partial charge in [-0.05, 0) is 49.8 Å². The van der Waals surface area contributed by atoms with E-state index in [9.17, 15) is 28.7 Å².